The minimum atomic E-state index is -0.687. The minimum absolute atomic E-state index is 0.114. The molecule has 0 aromatic heterocycles. The van der Waals surface area contributed by atoms with E-state index < -0.39 is 12.1 Å². The number of aliphatic hydroxyl groups is 1. The van der Waals surface area contributed by atoms with E-state index in [1.54, 1.807) is 0 Å². The number of carbonyl (C=O) groups is 3. The molecule has 3 atom stereocenters. The lowest BCUT2D eigenvalue weighted by molar-refractivity contribution is -0.128. The molecule has 1 heterocycles. The van der Waals surface area contributed by atoms with Crippen molar-refractivity contribution in [1.29, 1.82) is 0 Å². The van der Waals surface area contributed by atoms with Crippen LogP contribution in [0.25, 0.3) is 0 Å². The molecule has 4 amide bonds. The maximum absolute atomic E-state index is 12.4. The molecule has 0 unspecified atom stereocenters. The van der Waals surface area contributed by atoms with Crippen LogP contribution in [0, 0.1) is 5.92 Å². The highest BCUT2D eigenvalue weighted by molar-refractivity contribution is 6.04. The zero-order chi connectivity index (χ0) is 19.1. The van der Waals surface area contributed by atoms with Gasteiger partial charge in [0, 0.05) is 6.42 Å². The molecule has 2 rings (SSSR count). The normalized spacial score (nSPS) is 19.2. The van der Waals surface area contributed by atoms with Gasteiger partial charge in [0.25, 0.3) is 5.91 Å². The fraction of sp³-hybridized carbons (Fsp3) is 0.526. The Morgan fingerprint density at radius 2 is 2.00 bits per heavy atom. The van der Waals surface area contributed by atoms with E-state index in [0.717, 1.165) is 12.0 Å². The number of hydrogen-bond donors (Lipinski definition) is 3. The third-order valence-corrected chi connectivity index (χ3v) is 4.82. The monoisotopic (exact) mass is 361 g/mol. The molecular weight excluding hydrogens is 334 g/mol. The maximum Gasteiger partial charge on any atom is 0.325 e. The van der Waals surface area contributed by atoms with E-state index in [2.05, 4.69) is 10.6 Å². The van der Waals surface area contributed by atoms with Crippen molar-refractivity contribution in [2.75, 3.05) is 6.61 Å². The van der Waals surface area contributed by atoms with Gasteiger partial charge in [0.05, 0.1) is 19.2 Å². The predicted octanol–water partition coefficient (Wildman–Crippen LogP) is 1.41. The lowest BCUT2D eigenvalue weighted by atomic mass is 9.99. The first kappa shape index (κ1) is 19.9. The smallest absolute Gasteiger partial charge is 0.325 e. The second-order valence-corrected chi connectivity index (χ2v) is 6.69. The molecule has 7 heteroatoms. The SMILES string of the molecule is CC[C@H](C)[C@H](CO)NC(=O)CC[C@@H]1NC(=O)N(Cc2ccccc2)C1=O. The largest absolute Gasteiger partial charge is 0.394 e. The van der Waals surface area contributed by atoms with Crippen LogP contribution >= 0.6 is 0 Å². The summed E-state index contributed by atoms with van der Waals surface area (Å²) in [6.45, 7) is 4.05. The van der Waals surface area contributed by atoms with Crippen molar-refractivity contribution in [3.8, 4) is 0 Å². The fourth-order valence-electron chi connectivity index (χ4n) is 2.90. The molecule has 142 valence electrons. The fourth-order valence-corrected chi connectivity index (χ4v) is 2.90. The molecule has 1 fully saturated rings. The molecule has 7 nitrogen and oxygen atoms in total. The molecule has 1 aromatic rings. The van der Waals surface area contributed by atoms with E-state index in [-0.39, 0.29) is 49.8 Å². The third-order valence-electron chi connectivity index (χ3n) is 4.82. The molecule has 0 aliphatic carbocycles. The van der Waals surface area contributed by atoms with Crippen LogP contribution in [0.1, 0.15) is 38.7 Å². The highest BCUT2D eigenvalue weighted by Crippen LogP contribution is 2.15. The van der Waals surface area contributed by atoms with Gasteiger partial charge in [0.1, 0.15) is 6.04 Å². The summed E-state index contributed by atoms with van der Waals surface area (Å²) in [6.07, 6.45) is 1.19. The van der Waals surface area contributed by atoms with Crippen molar-refractivity contribution in [3.63, 3.8) is 0 Å². The molecule has 1 saturated heterocycles. The zero-order valence-corrected chi connectivity index (χ0v) is 15.3. The Morgan fingerprint density at radius 1 is 1.31 bits per heavy atom. The average Bonchev–Trinajstić information content (AvgIpc) is 2.92. The van der Waals surface area contributed by atoms with Crippen LogP contribution in [-0.2, 0) is 16.1 Å². The first-order chi connectivity index (χ1) is 12.5. The lowest BCUT2D eigenvalue weighted by Crippen LogP contribution is -2.42. The summed E-state index contributed by atoms with van der Waals surface area (Å²) >= 11 is 0. The number of amides is 4. The standard InChI is InChI=1S/C19H27N3O4/c1-3-13(2)16(12-23)20-17(24)10-9-15-18(25)22(19(26)21-15)11-14-7-5-4-6-8-14/h4-8,13,15-16,23H,3,9-12H2,1-2H3,(H,20,24)(H,21,26)/t13-,15-,16-/m0/s1. The number of imide groups is 1. The van der Waals surface area contributed by atoms with Gasteiger partial charge >= 0.3 is 6.03 Å². The van der Waals surface area contributed by atoms with Crippen molar-refractivity contribution in [1.82, 2.24) is 15.5 Å². The van der Waals surface area contributed by atoms with Crippen LogP contribution in [0.4, 0.5) is 4.79 Å². The van der Waals surface area contributed by atoms with Crippen LogP contribution in [0.15, 0.2) is 30.3 Å². The quantitative estimate of drug-likeness (QED) is 0.579. The van der Waals surface area contributed by atoms with Gasteiger partial charge in [-0.3, -0.25) is 14.5 Å². The Hall–Kier alpha value is -2.41. The van der Waals surface area contributed by atoms with E-state index in [4.69, 9.17) is 0 Å². The number of aliphatic hydroxyl groups excluding tert-OH is 1. The molecule has 0 bridgehead atoms. The van der Waals surface area contributed by atoms with Crippen molar-refractivity contribution in [2.24, 2.45) is 5.92 Å². The Kier molecular flexibility index (Phi) is 7.15. The molecular formula is C19H27N3O4. The van der Waals surface area contributed by atoms with Gasteiger partial charge in [-0.1, -0.05) is 50.6 Å². The van der Waals surface area contributed by atoms with Crippen LogP contribution in [0.5, 0.6) is 0 Å². The minimum Gasteiger partial charge on any atom is -0.394 e. The number of carbonyl (C=O) groups excluding carboxylic acids is 3. The van der Waals surface area contributed by atoms with Gasteiger partial charge in [-0.05, 0) is 17.9 Å². The van der Waals surface area contributed by atoms with E-state index >= 15 is 0 Å². The highest BCUT2D eigenvalue weighted by Gasteiger charge is 2.37. The number of nitrogens with one attached hydrogen (secondary N) is 2. The predicted molar refractivity (Wildman–Crippen MR) is 97.0 cm³/mol. The van der Waals surface area contributed by atoms with E-state index in [0.29, 0.717) is 0 Å². The molecule has 0 saturated carbocycles. The van der Waals surface area contributed by atoms with Crippen molar-refractivity contribution < 1.29 is 19.5 Å². The van der Waals surface area contributed by atoms with Gasteiger partial charge < -0.3 is 15.7 Å². The topological polar surface area (TPSA) is 98.7 Å². The summed E-state index contributed by atoms with van der Waals surface area (Å²) in [5.74, 6) is -0.377. The van der Waals surface area contributed by atoms with Crippen molar-refractivity contribution in [3.05, 3.63) is 35.9 Å². The number of urea groups is 1. The highest BCUT2D eigenvalue weighted by atomic mass is 16.3. The summed E-state index contributed by atoms with van der Waals surface area (Å²) in [7, 11) is 0. The number of rotatable bonds is 9. The van der Waals surface area contributed by atoms with Gasteiger partial charge in [-0.25, -0.2) is 4.79 Å². The summed E-state index contributed by atoms with van der Waals surface area (Å²) in [5, 5.41) is 14.8. The van der Waals surface area contributed by atoms with Crippen LogP contribution in [-0.4, -0.2) is 46.5 Å². The summed E-state index contributed by atoms with van der Waals surface area (Å²) < 4.78 is 0. The van der Waals surface area contributed by atoms with Crippen LogP contribution in [0.3, 0.4) is 0 Å². The third kappa shape index (κ3) is 5.05. The van der Waals surface area contributed by atoms with Gasteiger partial charge in [-0.2, -0.15) is 0 Å². The number of hydrogen-bond acceptors (Lipinski definition) is 4. The molecule has 1 aliphatic heterocycles. The maximum atomic E-state index is 12.4. The molecule has 1 aliphatic rings. The number of benzene rings is 1. The summed E-state index contributed by atoms with van der Waals surface area (Å²) in [6, 6.07) is 7.86. The second kappa shape index (κ2) is 9.33. The van der Waals surface area contributed by atoms with Gasteiger partial charge in [0.2, 0.25) is 5.91 Å². The number of nitrogens with zero attached hydrogens (tertiary/aromatic N) is 1. The Labute approximate surface area is 153 Å². The van der Waals surface area contributed by atoms with Crippen molar-refractivity contribution in [2.45, 2.75) is 51.7 Å². The van der Waals surface area contributed by atoms with Crippen LogP contribution in [0.2, 0.25) is 0 Å². The Morgan fingerprint density at radius 3 is 2.62 bits per heavy atom. The second-order valence-electron chi connectivity index (χ2n) is 6.69. The van der Waals surface area contributed by atoms with Gasteiger partial charge in [0.15, 0.2) is 0 Å². The lowest BCUT2D eigenvalue weighted by Gasteiger charge is -2.22. The average molecular weight is 361 g/mol. The molecule has 3 N–H and O–H groups in total. The molecule has 0 spiro atoms. The summed E-state index contributed by atoms with van der Waals surface area (Å²) in [4.78, 5) is 37.8. The molecule has 0 radical (unpaired) electrons. The first-order valence-electron chi connectivity index (χ1n) is 9.02. The molecule has 26 heavy (non-hydrogen) atoms. The first-order valence-corrected chi connectivity index (χ1v) is 9.02. The molecule has 1 aromatic carbocycles. The zero-order valence-electron chi connectivity index (χ0n) is 15.3. The van der Waals surface area contributed by atoms with Gasteiger partial charge in [-0.15, -0.1) is 0 Å². The van der Waals surface area contributed by atoms with E-state index in [1.165, 1.54) is 4.90 Å². The van der Waals surface area contributed by atoms with Crippen LogP contribution < -0.4 is 10.6 Å². The Bertz CT molecular complexity index is 635. The summed E-state index contributed by atoms with van der Waals surface area (Å²) in [5.41, 5.74) is 0.869. The van der Waals surface area contributed by atoms with E-state index in [9.17, 15) is 19.5 Å². The van der Waals surface area contributed by atoms with Crippen molar-refractivity contribution >= 4 is 17.8 Å². The van der Waals surface area contributed by atoms with E-state index in [1.807, 2.05) is 44.2 Å². The Balaban J connectivity index is 1.85.